The highest BCUT2D eigenvalue weighted by molar-refractivity contribution is 5.01. The molecule has 3 rings (SSSR count). The highest BCUT2D eigenvalue weighted by Crippen LogP contribution is 2.33. The molecule has 0 amide bonds. The zero-order valence-corrected chi connectivity index (χ0v) is 19.5. The van der Waals surface area contributed by atoms with Gasteiger partial charge in [0.05, 0.1) is 18.2 Å². The van der Waals surface area contributed by atoms with Gasteiger partial charge in [-0.05, 0) is 33.7 Å². The fraction of sp³-hybridized carbons (Fsp3) is 1.00. The molecule has 3 aliphatic rings. The Morgan fingerprint density at radius 1 is 0.941 bits per heavy atom. The van der Waals surface area contributed by atoms with E-state index >= 15 is 0 Å². The van der Waals surface area contributed by atoms with Gasteiger partial charge in [-0.2, -0.15) is 0 Å². The van der Waals surface area contributed by atoms with Crippen molar-refractivity contribution in [3.8, 4) is 0 Å². The van der Waals surface area contributed by atoms with Gasteiger partial charge in [0.15, 0.2) is 18.4 Å². The summed E-state index contributed by atoms with van der Waals surface area (Å²) in [6, 6.07) is -3.28. The van der Waals surface area contributed by atoms with Crippen molar-refractivity contribution in [2.24, 2.45) is 17.2 Å². The summed E-state index contributed by atoms with van der Waals surface area (Å²) in [5.41, 5.74) is 18.3. The van der Waals surface area contributed by atoms with Gasteiger partial charge in [-0.15, -0.1) is 0 Å². The van der Waals surface area contributed by atoms with E-state index in [0.717, 1.165) is 0 Å². The van der Waals surface area contributed by atoms with Crippen LogP contribution in [0, 0.1) is 0 Å². The molecular formula is C20H40N4O10. The molecule has 14 nitrogen and oxygen atoms in total. The van der Waals surface area contributed by atoms with E-state index in [1.54, 1.807) is 7.05 Å². The fourth-order valence-electron chi connectivity index (χ4n) is 4.85. The first-order valence-corrected chi connectivity index (χ1v) is 11.5. The Morgan fingerprint density at radius 3 is 2.03 bits per heavy atom. The van der Waals surface area contributed by atoms with Crippen molar-refractivity contribution in [1.82, 2.24) is 5.32 Å². The van der Waals surface area contributed by atoms with Crippen LogP contribution in [0.25, 0.3) is 0 Å². The first-order chi connectivity index (χ1) is 15.8. The number of likely N-dealkylation sites (N-methyl/N-ethyl adjacent to an activating group) is 1. The minimum Gasteiger partial charge on any atom is -0.391 e. The number of aliphatic hydroxyl groups excluding tert-OH is 5. The molecule has 15 atom stereocenters. The molecule has 0 aromatic heterocycles. The van der Waals surface area contributed by atoms with E-state index in [9.17, 15) is 30.6 Å². The summed E-state index contributed by atoms with van der Waals surface area (Å²) in [5.74, 6) is -1.65. The molecule has 3 fully saturated rings. The first kappa shape index (κ1) is 28.0. The first-order valence-electron chi connectivity index (χ1n) is 11.5. The van der Waals surface area contributed by atoms with Gasteiger partial charge in [0.1, 0.15) is 42.7 Å². The highest BCUT2D eigenvalue weighted by Gasteiger charge is 2.52. The van der Waals surface area contributed by atoms with Crippen LogP contribution in [0.1, 0.15) is 26.7 Å². The molecule has 2 unspecified atom stereocenters. The summed E-state index contributed by atoms with van der Waals surface area (Å²) in [5, 5.41) is 65.2. The van der Waals surface area contributed by atoms with Crippen molar-refractivity contribution in [1.29, 1.82) is 0 Å². The van der Waals surface area contributed by atoms with Gasteiger partial charge in [0.2, 0.25) is 0 Å². The number of ether oxygens (including phenoxy) is 4. The van der Waals surface area contributed by atoms with Crippen LogP contribution in [-0.4, -0.2) is 129 Å². The van der Waals surface area contributed by atoms with Crippen molar-refractivity contribution < 1.29 is 49.6 Å². The number of rotatable bonds is 6. The van der Waals surface area contributed by atoms with Gasteiger partial charge in [-0.25, -0.2) is 0 Å². The third-order valence-electron chi connectivity index (χ3n) is 6.95. The summed E-state index contributed by atoms with van der Waals surface area (Å²) in [6.45, 7) is 2.80. The maximum atomic E-state index is 11.0. The van der Waals surface area contributed by atoms with Crippen molar-refractivity contribution >= 4 is 0 Å². The molecule has 2 aliphatic heterocycles. The number of nitrogens with two attached hydrogens (primary N) is 3. The minimum absolute atomic E-state index is 0.122. The second-order valence-corrected chi connectivity index (χ2v) is 9.71. The quantitative estimate of drug-likeness (QED) is 0.165. The van der Waals surface area contributed by atoms with Gasteiger partial charge < -0.3 is 72.1 Å². The van der Waals surface area contributed by atoms with Gasteiger partial charge in [-0.3, -0.25) is 0 Å². The molecule has 0 spiro atoms. The van der Waals surface area contributed by atoms with Crippen molar-refractivity contribution in [2.45, 2.75) is 118 Å². The highest BCUT2D eigenvalue weighted by atomic mass is 16.8. The summed E-state index contributed by atoms with van der Waals surface area (Å²) >= 11 is 0. The van der Waals surface area contributed by atoms with E-state index in [4.69, 9.17) is 36.1 Å². The lowest BCUT2D eigenvalue weighted by Gasteiger charge is -2.49. The predicted molar refractivity (Wildman–Crippen MR) is 116 cm³/mol. The van der Waals surface area contributed by atoms with Crippen LogP contribution in [0.4, 0.5) is 0 Å². The zero-order valence-electron chi connectivity index (χ0n) is 19.5. The Morgan fingerprint density at radius 2 is 1.50 bits per heavy atom. The number of nitrogens with one attached hydrogen (secondary N) is 1. The van der Waals surface area contributed by atoms with Crippen molar-refractivity contribution in [3.05, 3.63) is 0 Å². The van der Waals surface area contributed by atoms with Crippen LogP contribution in [0.2, 0.25) is 0 Å². The van der Waals surface area contributed by atoms with E-state index in [1.807, 2.05) is 0 Å². The fourth-order valence-corrected chi connectivity index (χ4v) is 4.85. The van der Waals surface area contributed by atoms with E-state index < -0.39 is 91.4 Å². The lowest BCUT2D eigenvalue weighted by atomic mass is 9.84. The van der Waals surface area contributed by atoms with E-state index in [0.29, 0.717) is 0 Å². The Bertz CT molecular complexity index is 675. The second kappa shape index (κ2) is 10.8. The SMILES string of the molecule is CN[C@H]1C[C@H](O)C(O[C@@H]2[C@@H](O)[C@H](OC3O[C@H]([C@H](C)O)[C@@H](O)[C@H](O)[C@H]3N)[C@@H](N)C[C@H]2N)O[C@@]1(C)O. The molecule has 2 saturated heterocycles. The summed E-state index contributed by atoms with van der Waals surface area (Å²) < 4.78 is 22.8. The van der Waals surface area contributed by atoms with Gasteiger partial charge >= 0.3 is 0 Å². The maximum Gasteiger partial charge on any atom is 0.187 e. The molecule has 1 saturated carbocycles. The van der Waals surface area contributed by atoms with Gasteiger partial charge in [0.25, 0.3) is 0 Å². The van der Waals surface area contributed by atoms with Crippen LogP contribution >= 0.6 is 0 Å². The van der Waals surface area contributed by atoms with Crippen LogP contribution < -0.4 is 22.5 Å². The largest absolute Gasteiger partial charge is 0.391 e. The molecular weight excluding hydrogens is 456 g/mol. The van der Waals surface area contributed by atoms with E-state index in [1.165, 1.54) is 13.8 Å². The molecule has 0 radical (unpaired) electrons. The average molecular weight is 497 g/mol. The summed E-state index contributed by atoms with van der Waals surface area (Å²) in [7, 11) is 1.62. The molecule has 34 heavy (non-hydrogen) atoms. The Kier molecular flexibility index (Phi) is 8.92. The normalized spacial score (nSPS) is 53.5. The third-order valence-corrected chi connectivity index (χ3v) is 6.95. The predicted octanol–water partition coefficient (Wildman–Crippen LogP) is -5.27. The lowest BCUT2D eigenvalue weighted by Crippen LogP contribution is -2.69. The molecule has 1 aliphatic carbocycles. The minimum atomic E-state index is -1.65. The van der Waals surface area contributed by atoms with Gasteiger partial charge in [0, 0.05) is 12.1 Å². The monoisotopic (exact) mass is 496 g/mol. The van der Waals surface area contributed by atoms with Crippen molar-refractivity contribution in [2.75, 3.05) is 7.05 Å². The lowest BCUT2D eigenvalue weighted by molar-refractivity contribution is -0.361. The second-order valence-electron chi connectivity index (χ2n) is 9.71. The number of aliphatic hydroxyl groups is 6. The Hall–Kier alpha value is -0.560. The Balaban J connectivity index is 1.73. The van der Waals surface area contributed by atoms with Crippen LogP contribution in [-0.2, 0) is 18.9 Å². The van der Waals surface area contributed by atoms with Crippen LogP contribution in [0.15, 0.2) is 0 Å². The molecule has 0 aromatic rings. The zero-order chi connectivity index (χ0) is 25.5. The molecule has 0 bridgehead atoms. The standard InChI is InChI=1S/C20H40N4O10/c1-6(25)15-13(28)12(27)11(23)19(31-15)33-17-8(22)4-7(21)16(14(17)29)32-18-9(26)5-10(24-3)20(2,30)34-18/h6-19,24-30H,4-5,21-23H2,1-3H3/t6-,7+,8-,9-,10-,11+,12+,13-,14+,15+,16-,17+,18?,19?,20+/m0/s1. The maximum absolute atomic E-state index is 11.0. The van der Waals surface area contributed by atoms with Crippen LogP contribution in [0.5, 0.6) is 0 Å². The Labute approximate surface area is 197 Å². The third kappa shape index (κ3) is 5.55. The number of hydrogen-bond donors (Lipinski definition) is 10. The molecule has 14 heteroatoms. The van der Waals surface area contributed by atoms with Crippen LogP contribution in [0.3, 0.4) is 0 Å². The summed E-state index contributed by atoms with van der Waals surface area (Å²) in [6.07, 6.45) is -12.3. The van der Waals surface area contributed by atoms with E-state index in [2.05, 4.69) is 5.32 Å². The van der Waals surface area contributed by atoms with Gasteiger partial charge in [-0.1, -0.05) is 0 Å². The number of hydrogen-bond acceptors (Lipinski definition) is 14. The molecule has 2 heterocycles. The summed E-state index contributed by atoms with van der Waals surface area (Å²) in [4.78, 5) is 0. The average Bonchev–Trinajstić information content (AvgIpc) is 2.75. The molecule has 0 aromatic carbocycles. The molecule has 13 N–H and O–H groups in total. The molecule has 200 valence electrons. The topological polar surface area (TPSA) is 248 Å². The van der Waals surface area contributed by atoms with E-state index in [-0.39, 0.29) is 12.8 Å². The smallest absolute Gasteiger partial charge is 0.187 e. The van der Waals surface area contributed by atoms with Crippen molar-refractivity contribution in [3.63, 3.8) is 0 Å².